The molecule has 1 N–H and O–H groups in total. The number of hydrogen-bond acceptors (Lipinski definition) is 4. The highest BCUT2D eigenvalue weighted by Crippen LogP contribution is 2.29. The molecule has 7 nitrogen and oxygen atoms in total. The number of nitrogens with one attached hydrogen (secondary N) is 1. The number of hydrogen-bond donors (Lipinski definition) is 1. The molecular weight excluding hydrogens is 344 g/mol. The summed E-state index contributed by atoms with van der Waals surface area (Å²) in [6.45, 7) is 8.65. The number of carbonyl (C=O) groups is 3. The van der Waals surface area contributed by atoms with Crippen molar-refractivity contribution >= 4 is 29.1 Å². The number of fused-ring (bicyclic) bond motifs is 1. The van der Waals surface area contributed by atoms with Crippen LogP contribution in [-0.4, -0.2) is 66.8 Å². The quantitative estimate of drug-likeness (QED) is 0.851. The Labute approximate surface area is 160 Å². The van der Waals surface area contributed by atoms with Gasteiger partial charge in [0.1, 0.15) is 6.54 Å². The number of benzene rings is 1. The molecule has 0 aromatic heterocycles. The number of para-hydroxylation sites is 2. The Morgan fingerprint density at radius 1 is 1.04 bits per heavy atom. The van der Waals surface area contributed by atoms with E-state index < -0.39 is 0 Å². The van der Waals surface area contributed by atoms with Crippen LogP contribution in [0.4, 0.5) is 11.4 Å². The lowest BCUT2D eigenvalue weighted by atomic mass is 10.1. The van der Waals surface area contributed by atoms with Gasteiger partial charge < -0.3 is 15.1 Å². The number of carbonyl (C=O) groups excluding carboxylic acids is 3. The molecule has 2 aliphatic heterocycles. The molecule has 1 saturated heterocycles. The molecule has 7 heteroatoms. The van der Waals surface area contributed by atoms with Crippen LogP contribution in [0, 0.1) is 5.92 Å². The van der Waals surface area contributed by atoms with Crippen LogP contribution in [0.3, 0.4) is 0 Å². The van der Waals surface area contributed by atoms with Crippen molar-refractivity contribution in [1.29, 1.82) is 0 Å². The van der Waals surface area contributed by atoms with Crippen molar-refractivity contribution in [2.24, 2.45) is 5.92 Å². The van der Waals surface area contributed by atoms with Gasteiger partial charge in [0.05, 0.1) is 11.4 Å². The summed E-state index contributed by atoms with van der Waals surface area (Å²) in [6, 6.07) is 7.23. The molecule has 0 unspecified atom stereocenters. The Hall–Kier alpha value is -2.41. The van der Waals surface area contributed by atoms with Crippen molar-refractivity contribution in [3.8, 4) is 0 Å². The normalized spacial score (nSPS) is 17.7. The standard InChI is InChI=1S/C20H28N4O3/c1-15(2)13-22-9-11-23(12-10-22)19(26)7-8-20(27)24-14-18(25)21-16-5-3-4-6-17(16)24/h3-6,15H,7-14H2,1-2H3,(H,21,25). The molecule has 146 valence electrons. The second-order valence-corrected chi connectivity index (χ2v) is 7.62. The minimum atomic E-state index is -0.213. The topological polar surface area (TPSA) is 73.0 Å². The molecule has 1 aromatic rings. The Kier molecular flexibility index (Phi) is 6.11. The summed E-state index contributed by atoms with van der Waals surface area (Å²) >= 11 is 0. The summed E-state index contributed by atoms with van der Waals surface area (Å²) < 4.78 is 0. The lowest BCUT2D eigenvalue weighted by molar-refractivity contribution is -0.134. The highest BCUT2D eigenvalue weighted by Gasteiger charge is 2.28. The average Bonchev–Trinajstić information content (AvgIpc) is 2.65. The van der Waals surface area contributed by atoms with Gasteiger partial charge in [-0.1, -0.05) is 26.0 Å². The van der Waals surface area contributed by atoms with Crippen LogP contribution in [0.25, 0.3) is 0 Å². The number of rotatable bonds is 5. The maximum Gasteiger partial charge on any atom is 0.244 e. The van der Waals surface area contributed by atoms with Crippen molar-refractivity contribution in [3.05, 3.63) is 24.3 Å². The van der Waals surface area contributed by atoms with E-state index in [-0.39, 0.29) is 37.1 Å². The molecule has 3 rings (SSSR count). The van der Waals surface area contributed by atoms with E-state index in [9.17, 15) is 14.4 Å². The number of nitrogens with zero attached hydrogens (tertiary/aromatic N) is 3. The predicted octanol–water partition coefficient (Wildman–Crippen LogP) is 1.55. The first-order chi connectivity index (χ1) is 12.9. The van der Waals surface area contributed by atoms with Crippen molar-refractivity contribution < 1.29 is 14.4 Å². The summed E-state index contributed by atoms with van der Waals surface area (Å²) in [5.74, 6) is 0.232. The van der Waals surface area contributed by atoms with Crippen molar-refractivity contribution in [2.75, 3.05) is 49.5 Å². The van der Waals surface area contributed by atoms with Gasteiger partial charge in [0, 0.05) is 45.6 Å². The minimum absolute atomic E-state index is 0.00207. The van der Waals surface area contributed by atoms with E-state index in [1.807, 2.05) is 23.1 Å². The van der Waals surface area contributed by atoms with Crippen LogP contribution >= 0.6 is 0 Å². The fourth-order valence-corrected chi connectivity index (χ4v) is 3.66. The minimum Gasteiger partial charge on any atom is -0.340 e. The number of amides is 3. The maximum absolute atomic E-state index is 12.6. The van der Waals surface area contributed by atoms with Crippen LogP contribution in [0.15, 0.2) is 24.3 Å². The number of piperazine rings is 1. The Morgan fingerprint density at radius 2 is 1.70 bits per heavy atom. The third kappa shape index (κ3) is 4.86. The lowest BCUT2D eigenvalue weighted by Crippen LogP contribution is -2.49. The molecule has 0 aliphatic carbocycles. The maximum atomic E-state index is 12.6. The Bertz CT molecular complexity index is 711. The molecular formula is C20H28N4O3. The van der Waals surface area contributed by atoms with Gasteiger partial charge in [-0.05, 0) is 18.1 Å². The zero-order valence-electron chi connectivity index (χ0n) is 16.1. The summed E-state index contributed by atoms with van der Waals surface area (Å²) in [7, 11) is 0. The molecule has 2 aliphatic rings. The molecule has 27 heavy (non-hydrogen) atoms. The second-order valence-electron chi connectivity index (χ2n) is 7.62. The summed E-state index contributed by atoms with van der Waals surface area (Å²) in [5, 5.41) is 2.77. The highest BCUT2D eigenvalue weighted by molar-refractivity contribution is 6.10. The first kappa shape index (κ1) is 19.4. The van der Waals surface area contributed by atoms with Gasteiger partial charge in [-0.15, -0.1) is 0 Å². The Morgan fingerprint density at radius 3 is 2.41 bits per heavy atom. The van der Waals surface area contributed by atoms with Gasteiger partial charge in [-0.25, -0.2) is 0 Å². The molecule has 0 spiro atoms. The first-order valence-corrected chi connectivity index (χ1v) is 9.63. The molecule has 2 heterocycles. The van der Waals surface area contributed by atoms with Crippen LogP contribution in [0.5, 0.6) is 0 Å². The van der Waals surface area contributed by atoms with E-state index in [2.05, 4.69) is 24.1 Å². The smallest absolute Gasteiger partial charge is 0.244 e. The molecule has 1 fully saturated rings. The van der Waals surface area contributed by atoms with Gasteiger partial charge in [-0.2, -0.15) is 0 Å². The van der Waals surface area contributed by atoms with Crippen LogP contribution < -0.4 is 10.2 Å². The fraction of sp³-hybridized carbons (Fsp3) is 0.550. The lowest BCUT2D eigenvalue weighted by Gasteiger charge is -2.35. The van der Waals surface area contributed by atoms with Gasteiger partial charge in [0.25, 0.3) is 0 Å². The molecule has 0 radical (unpaired) electrons. The summed E-state index contributed by atoms with van der Waals surface area (Å²) in [5.41, 5.74) is 1.33. The van der Waals surface area contributed by atoms with E-state index in [0.29, 0.717) is 30.4 Å². The zero-order valence-corrected chi connectivity index (χ0v) is 16.1. The van der Waals surface area contributed by atoms with E-state index >= 15 is 0 Å². The Balaban J connectivity index is 1.51. The van der Waals surface area contributed by atoms with Gasteiger partial charge in [0.15, 0.2) is 0 Å². The third-order valence-electron chi connectivity index (χ3n) is 4.97. The van der Waals surface area contributed by atoms with Crippen molar-refractivity contribution in [2.45, 2.75) is 26.7 Å². The second kappa shape index (κ2) is 8.52. The number of anilines is 2. The van der Waals surface area contributed by atoms with Crippen LogP contribution in [0.1, 0.15) is 26.7 Å². The fourth-order valence-electron chi connectivity index (χ4n) is 3.66. The van der Waals surface area contributed by atoms with E-state index in [1.165, 1.54) is 4.90 Å². The van der Waals surface area contributed by atoms with Crippen molar-refractivity contribution in [3.63, 3.8) is 0 Å². The van der Waals surface area contributed by atoms with E-state index in [1.54, 1.807) is 6.07 Å². The van der Waals surface area contributed by atoms with Crippen LogP contribution in [-0.2, 0) is 14.4 Å². The summed E-state index contributed by atoms with van der Waals surface area (Å²) in [6.07, 6.45) is 0.302. The third-order valence-corrected chi connectivity index (χ3v) is 4.97. The van der Waals surface area contributed by atoms with Gasteiger partial charge >= 0.3 is 0 Å². The summed E-state index contributed by atoms with van der Waals surface area (Å²) in [4.78, 5) is 42.7. The SMILES string of the molecule is CC(C)CN1CCN(C(=O)CCC(=O)N2CC(=O)Nc3ccccc32)CC1. The molecule has 3 amide bonds. The molecule has 1 aromatic carbocycles. The molecule has 0 saturated carbocycles. The van der Waals surface area contributed by atoms with E-state index in [0.717, 1.165) is 19.6 Å². The highest BCUT2D eigenvalue weighted by atomic mass is 16.2. The van der Waals surface area contributed by atoms with Crippen molar-refractivity contribution in [1.82, 2.24) is 9.80 Å². The van der Waals surface area contributed by atoms with E-state index in [4.69, 9.17) is 0 Å². The average molecular weight is 372 g/mol. The van der Waals surface area contributed by atoms with Gasteiger partial charge in [-0.3, -0.25) is 19.3 Å². The monoisotopic (exact) mass is 372 g/mol. The largest absolute Gasteiger partial charge is 0.340 e. The predicted molar refractivity (Wildman–Crippen MR) is 105 cm³/mol. The first-order valence-electron chi connectivity index (χ1n) is 9.63. The van der Waals surface area contributed by atoms with Crippen LogP contribution in [0.2, 0.25) is 0 Å². The molecule has 0 atom stereocenters. The molecule has 0 bridgehead atoms. The van der Waals surface area contributed by atoms with Gasteiger partial charge in [0.2, 0.25) is 17.7 Å². The zero-order chi connectivity index (χ0) is 19.4.